The zero-order chi connectivity index (χ0) is 21.0. The van der Waals surface area contributed by atoms with E-state index in [2.05, 4.69) is 0 Å². The van der Waals surface area contributed by atoms with Crippen molar-refractivity contribution in [1.29, 1.82) is 0 Å². The first-order valence-corrected chi connectivity index (χ1v) is 10.6. The molecule has 0 saturated carbocycles. The molecule has 0 amide bonds. The molecule has 150 valence electrons. The SMILES string of the molecule is COc1ccc(/C=C/C(=O)c2ccc(C)s2)cc1COc1cc(Cl)c(Cl)cc1Cl. The van der Waals surface area contributed by atoms with Crippen molar-refractivity contribution in [3.63, 3.8) is 0 Å². The van der Waals surface area contributed by atoms with Gasteiger partial charge in [-0.15, -0.1) is 11.3 Å². The van der Waals surface area contributed by atoms with Gasteiger partial charge in [0.15, 0.2) is 5.78 Å². The molecule has 0 aliphatic rings. The fraction of sp³-hybridized carbons (Fsp3) is 0.136. The third kappa shape index (κ3) is 5.55. The molecule has 0 spiro atoms. The van der Waals surface area contributed by atoms with Gasteiger partial charge < -0.3 is 9.47 Å². The lowest BCUT2D eigenvalue weighted by Crippen LogP contribution is -2.00. The Morgan fingerprint density at radius 3 is 2.45 bits per heavy atom. The van der Waals surface area contributed by atoms with Gasteiger partial charge in [-0.2, -0.15) is 0 Å². The predicted octanol–water partition coefficient (Wildman–Crippen LogP) is 7.50. The summed E-state index contributed by atoms with van der Waals surface area (Å²) in [6.45, 7) is 2.18. The highest BCUT2D eigenvalue weighted by atomic mass is 35.5. The Morgan fingerprint density at radius 1 is 1.00 bits per heavy atom. The number of rotatable bonds is 7. The Bertz CT molecular complexity index is 1070. The summed E-state index contributed by atoms with van der Waals surface area (Å²) in [6.07, 6.45) is 3.33. The van der Waals surface area contributed by atoms with Crippen molar-refractivity contribution in [2.45, 2.75) is 13.5 Å². The minimum Gasteiger partial charge on any atom is -0.496 e. The number of methoxy groups -OCH3 is 1. The summed E-state index contributed by atoms with van der Waals surface area (Å²) in [5.74, 6) is 1.06. The van der Waals surface area contributed by atoms with E-state index in [1.165, 1.54) is 17.4 Å². The molecule has 1 aromatic heterocycles. The maximum atomic E-state index is 12.3. The molecular weight excluding hydrogens is 451 g/mol. The van der Waals surface area contributed by atoms with Crippen LogP contribution in [0.1, 0.15) is 25.7 Å². The highest BCUT2D eigenvalue weighted by Gasteiger charge is 2.10. The summed E-state index contributed by atoms with van der Waals surface area (Å²) in [4.78, 5) is 14.1. The summed E-state index contributed by atoms with van der Waals surface area (Å²) in [5.41, 5.74) is 1.66. The summed E-state index contributed by atoms with van der Waals surface area (Å²) in [7, 11) is 1.59. The lowest BCUT2D eigenvalue weighted by molar-refractivity contribution is 0.105. The van der Waals surface area contributed by atoms with Crippen LogP contribution in [-0.2, 0) is 6.61 Å². The van der Waals surface area contributed by atoms with Crippen LogP contribution in [-0.4, -0.2) is 12.9 Å². The normalized spacial score (nSPS) is 11.1. The van der Waals surface area contributed by atoms with E-state index in [1.54, 1.807) is 25.3 Å². The van der Waals surface area contributed by atoms with E-state index in [4.69, 9.17) is 44.3 Å². The van der Waals surface area contributed by atoms with Crippen LogP contribution in [0.2, 0.25) is 15.1 Å². The van der Waals surface area contributed by atoms with Crippen LogP contribution >= 0.6 is 46.1 Å². The zero-order valence-electron chi connectivity index (χ0n) is 15.7. The highest BCUT2D eigenvalue weighted by molar-refractivity contribution is 7.14. The van der Waals surface area contributed by atoms with Crippen molar-refractivity contribution in [3.05, 3.63) is 84.5 Å². The van der Waals surface area contributed by atoms with Gasteiger partial charge in [0, 0.05) is 16.5 Å². The number of thiophene rings is 1. The first-order chi connectivity index (χ1) is 13.9. The van der Waals surface area contributed by atoms with E-state index in [1.807, 2.05) is 37.3 Å². The molecule has 7 heteroatoms. The Kier molecular flexibility index (Phi) is 7.25. The topological polar surface area (TPSA) is 35.5 Å². The van der Waals surface area contributed by atoms with Crippen LogP contribution in [0.25, 0.3) is 6.08 Å². The third-order valence-electron chi connectivity index (χ3n) is 4.07. The average Bonchev–Trinajstić information content (AvgIpc) is 3.14. The van der Waals surface area contributed by atoms with Gasteiger partial charge in [-0.1, -0.05) is 46.9 Å². The highest BCUT2D eigenvalue weighted by Crippen LogP contribution is 2.34. The standard InChI is InChI=1S/C22H17Cl3O3S/c1-13-3-8-22(29-13)19(26)6-4-14-5-7-20(27-2)15(9-14)12-28-21-11-17(24)16(23)10-18(21)25/h3-11H,12H2,1-2H3/b6-4+. The summed E-state index contributed by atoms with van der Waals surface area (Å²) < 4.78 is 11.2. The number of ether oxygens (including phenoxy) is 2. The number of allylic oxidation sites excluding steroid dienone is 1. The molecule has 2 aromatic carbocycles. The predicted molar refractivity (Wildman–Crippen MR) is 121 cm³/mol. The number of carbonyl (C=O) groups is 1. The lowest BCUT2D eigenvalue weighted by Gasteiger charge is -2.13. The van der Waals surface area contributed by atoms with Crippen LogP contribution < -0.4 is 9.47 Å². The molecular formula is C22H17Cl3O3S. The van der Waals surface area contributed by atoms with Crippen LogP contribution in [0.15, 0.2) is 48.5 Å². The monoisotopic (exact) mass is 466 g/mol. The van der Waals surface area contributed by atoms with Crippen molar-refractivity contribution in [2.24, 2.45) is 0 Å². The van der Waals surface area contributed by atoms with Crippen LogP contribution in [0.5, 0.6) is 11.5 Å². The van der Waals surface area contributed by atoms with E-state index in [9.17, 15) is 4.79 Å². The molecule has 0 atom stereocenters. The number of hydrogen-bond donors (Lipinski definition) is 0. The van der Waals surface area contributed by atoms with Crippen molar-refractivity contribution in [2.75, 3.05) is 7.11 Å². The summed E-state index contributed by atoms with van der Waals surface area (Å²) in [6, 6.07) is 12.5. The maximum absolute atomic E-state index is 12.3. The van der Waals surface area contributed by atoms with Crippen LogP contribution in [0.3, 0.4) is 0 Å². The van der Waals surface area contributed by atoms with Gasteiger partial charge in [-0.05, 0) is 48.9 Å². The molecule has 3 nitrogen and oxygen atoms in total. The molecule has 0 radical (unpaired) electrons. The molecule has 0 bridgehead atoms. The fourth-order valence-electron chi connectivity index (χ4n) is 2.61. The molecule has 0 saturated heterocycles. The molecule has 3 rings (SSSR count). The number of hydrogen-bond acceptors (Lipinski definition) is 4. The number of benzene rings is 2. The van der Waals surface area contributed by atoms with Crippen molar-refractivity contribution in [3.8, 4) is 11.5 Å². The van der Waals surface area contributed by atoms with E-state index < -0.39 is 0 Å². The summed E-state index contributed by atoms with van der Waals surface area (Å²) >= 11 is 19.6. The van der Waals surface area contributed by atoms with E-state index in [0.29, 0.717) is 31.4 Å². The molecule has 0 aliphatic heterocycles. The Labute approximate surface area is 188 Å². The Morgan fingerprint density at radius 2 is 1.76 bits per heavy atom. The summed E-state index contributed by atoms with van der Waals surface area (Å²) in [5, 5.41) is 1.09. The second-order valence-electron chi connectivity index (χ2n) is 6.16. The Balaban J connectivity index is 1.77. The van der Waals surface area contributed by atoms with Gasteiger partial charge in [-0.25, -0.2) is 0 Å². The van der Waals surface area contributed by atoms with Gasteiger partial charge in [-0.3, -0.25) is 4.79 Å². The van der Waals surface area contributed by atoms with E-state index >= 15 is 0 Å². The van der Waals surface area contributed by atoms with Gasteiger partial charge >= 0.3 is 0 Å². The van der Waals surface area contributed by atoms with Crippen LogP contribution in [0.4, 0.5) is 0 Å². The molecule has 3 aromatic rings. The lowest BCUT2D eigenvalue weighted by atomic mass is 10.1. The first kappa shape index (κ1) is 21.7. The number of aryl methyl sites for hydroxylation is 1. The van der Waals surface area contributed by atoms with E-state index in [0.717, 1.165) is 16.0 Å². The second kappa shape index (κ2) is 9.68. The molecule has 0 fully saturated rings. The molecule has 1 heterocycles. The van der Waals surface area contributed by atoms with Gasteiger partial charge in [0.2, 0.25) is 0 Å². The molecule has 0 N–H and O–H groups in total. The van der Waals surface area contributed by atoms with Crippen molar-refractivity contribution < 1.29 is 14.3 Å². The van der Waals surface area contributed by atoms with Crippen molar-refractivity contribution >= 4 is 58.0 Å². The molecule has 0 aliphatic carbocycles. The number of carbonyl (C=O) groups excluding carboxylic acids is 1. The Hall–Kier alpha value is -1.98. The third-order valence-corrected chi connectivity index (χ3v) is 6.11. The maximum Gasteiger partial charge on any atom is 0.195 e. The quantitative estimate of drug-likeness (QED) is 0.205. The minimum absolute atomic E-state index is 0.0284. The van der Waals surface area contributed by atoms with Gasteiger partial charge in [0.05, 0.1) is 27.1 Å². The van der Waals surface area contributed by atoms with Gasteiger partial charge in [0.1, 0.15) is 18.1 Å². The minimum atomic E-state index is -0.0284. The average molecular weight is 468 g/mol. The van der Waals surface area contributed by atoms with E-state index in [-0.39, 0.29) is 12.4 Å². The molecule has 0 unspecified atom stereocenters. The zero-order valence-corrected chi connectivity index (χ0v) is 18.8. The number of ketones is 1. The first-order valence-electron chi connectivity index (χ1n) is 8.60. The number of halogens is 3. The molecule has 29 heavy (non-hydrogen) atoms. The van der Waals surface area contributed by atoms with Crippen LogP contribution in [0, 0.1) is 6.92 Å². The smallest absolute Gasteiger partial charge is 0.195 e. The van der Waals surface area contributed by atoms with Gasteiger partial charge in [0.25, 0.3) is 0 Å². The second-order valence-corrected chi connectivity index (χ2v) is 8.67. The largest absolute Gasteiger partial charge is 0.496 e. The fourth-order valence-corrected chi connectivity index (χ4v) is 3.99. The van der Waals surface area contributed by atoms with Crippen molar-refractivity contribution in [1.82, 2.24) is 0 Å².